The van der Waals surface area contributed by atoms with Gasteiger partial charge >= 0.3 is 0 Å². The first-order valence-corrected chi connectivity index (χ1v) is 6.89. The minimum Gasteiger partial charge on any atom is -0.343 e. The van der Waals surface area contributed by atoms with Crippen LogP contribution in [0.4, 0.5) is 5.69 Å². The van der Waals surface area contributed by atoms with E-state index in [1.165, 1.54) is 6.08 Å². The normalized spacial score (nSPS) is 11.0. The molecule has 0 bridgehead atoms. The van der Waals surface area contributed by atoms with E-state index in [0.717, 1.165) is 22.4 Å². The van der Waals surface area contributed by atoms with Crippen molar-refractivity contribution in [1.82, 2.24) is 5.32 Å². The molecule has 1 aromatic rings. The number of hydrogen-bond acceptors (Lipinski definition) is 2. The third-order valence-electron chi connectivity index (χ3n) is 2.92. The molecule has 0 radical (unpaired) electrons. The summed E-state index contributed by atoms with van der Waals surface area (Å²) in [6.45, 7) is 7.73. The SMILES string of the molecule is C/C=C/C=C/C(=O)NCC(=O)Nc1c(C)cc(C)cc1C. The minimum atomic E-state index is -0.291. The minimum absolute atomic E-state index is 0.0498. The molecule has 0 fully saturated rings. The molecule has 4 nitrogen and oxygen atoms in total. The van der Waals surface area contributed by atoms with Gasteiger partial charge < -0.3 is 10.6 Å². The Morgan fingerprint density at radius 3 is 2.29 bits per heavy atom. The smallest absolute Gasteiger partial charge is 0.244 e. The van der Waals surface area contributed by atoms with E-state index >= 15 is 0 Å². The highest BCUT2D eigenvalue weighted by Crippen LogP contribution is 2.21. The summed E-state index contributed by atoms with van der Waals surface area (Å²) in [5, 5.41) is 5.38. The molecule has 0 spiro atoms. The lowest BCUT2D eigenvalue weighted by molar-refractivity contribution is -0.121. The zero-order valence-corrected chi connectivity index (χ0v) is 13.0. The fraction of sp³-hybridized carbons (Fsp3) is 0.294. The van der Waals surface area contributed by atoms with Crippen LogP contribution in [0.3, 0.4) is 0 Å². The van der Waals surface area contributed by atoms with Crippen molar-refractivity contribution in [2.75, 3.05) is 11.9 Å². The second-order valence-electron chi connectivity index (χ2n) is 4.92. The van der Waals surface area contributed by atoms with Gasteiger partial charge in [0.05, 0.1) is 6.54 Å². The predicted octanol–water partition coefficient (Wildman–Crippen LogP) is 2.80. The van der Waals surface area contributed by atoms with Gasteiger partial charge in [-0.2, -0.15) is 0 Å². The highest BCUT2D eigenvalue weighted by molar-refractivity contribution is 5.97. The van der Waals surface area contributed by atoms with Crippen LogP contribution in [0.5, 0.6) is 0 Å². The highest BCUT2D eigenvalue weighted by Gasteiger charge is 2.08. The van der Waals surface area contributed by atoms with Gasteiger partial charge in [0.25, 0.3) is 0 Å². The predicted molar refractivity (Wildman–Crippen MR) is 86.2 cm³/mol. The topological polar surface area (TPSA) is 58.2 Å². The summed E-state index contributed by atoms with van der Waals surface area (Å²) in [7, 11) is 0. The van der Waals surface area contributed by atoms with Crippen LogP contribution < -0.4 is 10.6 Å². The van der Waals surface area contributed by atoms with Crippen LogP contribution in [0.15, 0.2) is 36.4 Å². The summed E-state index contributed by atoms with van der Waals surface area (Å²) in [5.41, 5.74) is 4.00. The lowest BCUT2D eigenvalue weighted by atomic mass is 10.1. The van der Waals surface area contributed by atoms with Crippen LogP contribution in [-0.2, 0) is 9.59 Å². The molecule has 0 aliphatic heterocycles. The van der Waals surface area contributed by atoms with E-state index in [1.807, 2.05) is 45.9 Å². The maximum Gasteiger partial charge on any atom is 0.244 e. The molecule has 0 saturated carbocycles. The van der Waals surface area contributed by atoms with E-state index in [2.05, 4.69) is 10.6 Å². The molecule has 0 aliphatic carbocycles. The number of amides is 2. The lowest BCUT2D eigenvalue weighted by Gasteiger charge is -2.12. The molecule has 0 aliphatic rings. The average Bonchev–Trinajstić information content (AvgIpc) is 2.41. The summed E-state index contributed by atoms with van der Waals surface area (Å²) >= 11 is 0. The first kappa shape index (κ1) is 16.7. The molecule has 0 aromatic heterocycles. The van der Waals surface area contributed by atoms with Gasteiger partial charge in [-0.1, -0.05) is 35.9 Å². The summed E-state index contributed by atoms with van der Waals surface area (Å²) in [4.78, 5) is 23.3. The standard InChI is InChI=1S/C17H22N2O2/c1-5-6-7-8-15(20)18-11-16(21)19-17-13(3)9-12(2)10-14(17)4/h5-10H,11H2,1-4H3,(H,18,20)(H,19,21)/b6-5+,8-7+. The van der Waals surface area contributed by atoms with Crippen molar-refractivity contribution in [3.05, 3.63) is 53.1 Å². The summed E-state index contributed by atoms with van der Waals surface area (Å²) in [5.74, 6) is -0.529. The van der Waals surface area contributed by atoms with Crippen molar-refractivity contribution < 1.29 is 9.59 Å². The van der Waals surface area contributed by atoms with Gasteiger partial charge in [-0.3, -0.25) is 9.59 Å². The summed E-state index contributed by atoms with van der Waals surface area (Å²) < 4.78 is 0. The fourth-order valence-electron chi connectivity index (χ4n) is 2.04. The Labute approximate surface area is 125 Å². The quantitative estimate of drug-likeness (QED) is 0.646. The van der Waals surface area contributed by atoms with Gasteiger partial charge in [0.15, 0.2) is 0 Å². The number of anilines is 1. The number of carbonyl (C=O) groups is 2. The van der Waals surface area contributed by atoms with E-state index in [4.69, 9.17) is 0 Å². The Balaban J connectivity index is 2.57. The number of rotatable bonds is 5. The van der Waals surface area contributed by atoms with E-state index in [9.17, 15) is 9.59 Å². The van der Waals surface area contributed by atoms with Gasteiger partial charge in [0.2, 0.25) is 11.8 Å². The van der Waals surface area contributed by atoms with E-state index in [1.54, 1.807) is 12.2 Å². The molecule has 1 rings (SSSR count). The molecule has 0 unspecified atom stereocenters. The molecule has 112 valence electrons. The molecule has 0 atom stereocenters. The molecule has 2 N–H and O–H groups in total. The van der Waals surface area contributed by atoms with E-state index in [0.29, 0.717) is 0 Å². The summed E-state index contributed by atoms with van der Waals surface area (Å²) in [6, 6.07) is 4.03. The highest BCUT2D eigenvalue weighted by atomic mass is 16.2. The average molecular weight is 286 g/mol. The van der Waals surface area contributed by atoms with Gasteiger partial charge in [0.1, 0.15) is 0 Å². The molecule has 4 heteroatoms. The maximum absolute atomic E-state index is 11.9. The number of carbonyl (C=O) groups excluding carboxylic acids is 2. The Morgan fingerprint density at radius 2 is 1.71 bits per heavy atom. The number of allylic oxidation sites excluding steroid dienone is 3. The van der Waals surface area contributed by atoms with Crippen LogP contribution in [0.1, 0.15) is 23.6 Å². The summed E-state index contributed by atoms with van der Waals surface area (Å²) in [6.07, 6.45) is 6.58. The Bertz CT molecular complexity index is 563. The Hall–Kier alpha value is -2.36. The van der Waals surface area contributed by atoms with Gasteiger partial charge in [-0.05, 0) is 38.8 Å². The Morgan fingerprint density at radius 1 is 1.10 bits per heavy atom. The van der Waals surface area contributed by atoms with Crippen LogP contribution in [0, 0.1) is 20.8 Å². The largest absolute Gasteiger partial charge is 0.343 e. The van der Waals surface area contributed by atoms with Gasteiger partial charge in [-0.25, -0.2) is 0 Å². The molecule has 0 saturated heterocycles. The second-order valence-corrected chi connectivity index (χ2v) is 4.92. The van der Waals surface area contributed by atoms with Crippen molar-refractivity contribution in [2.45, 2.75) is 27.7 Å². The number of aryl methyl sites for hydroxylation is 3. The van der Waals surface area contributed by atoms with Crippen LogP contribution in [0.2, 0.25) is 0 Å². The third-order valence-corrected chi connectivity index (χ3v) is 2.92. The number of nitrogens with one attached hydrogen (secondary N) is 2. The molecular weight excluding hydrogens is 264 g/mol. The van der Waals surface area contributed by atoms with Crippen molar-refractivity contribution in [1.29, 1.82) is 0 Å². The zero-order valence-electron chi connectivity index (χ0n) is 13.0. The second kappa shape index (κ2) is 8.04. The van der Waals surface area contributed by atoms with Crippen LogP contribution in [0.25, 0.3) is 0 Å². The molecule has 1 aromatic carbocycles. The molecule has 0 heterocycles. The molecule has 21 heavy (non-hydrogen) atoms. The monoisotopic (exact) mass is 286 g/mol. The fourth-order valence-corrected chi connectivity index (χ4v) is 2.04. The first-order valence-electron chi connectivity index (χ1n) is 6.89. The zero-order chi connectivity index (χ0) is 15.8. The lowest BCUT2D eigenvalue weighted by Crippen LogP contribution is -2.32. The number of hydrogen-bond donors (Lipinski definition) is 2. The van der Waals surface area contributed by atoms with Crippen molar-refractivity contribution in [3.8, 4) is 0 Å². The van der Waals surface area contributed by atoms with Gasteiger partial charge in [0, 0.05) is 11.8 Å². The van der Waals surface area contributed by atoms with Crippen molar-refractivity contribution in [3.63, 3.8) is 0 Å². The maximum atomic E-state index is 11.9. The van der Waals surface area contributed by atoms with E-state index in [-0.39, 0.29) is 18.4 Å². The van der Waals surface area contributed by atoms with Crippen molar-refractivity contribution >= 4 is 17.5 Å². The first-order chi connectivity index (χ1) is 9.93. The van der Waals surface area contributed by atoms with Gasteiger partial charge in [-0.15, -0.1) is 0 Å². The van der Waals surface area contributed by atoms with Crippen LogP contribution in [-0.4, -0.2) is 18.4 Å². The van der Waals surface area contributed by atoms with E-state index < -0.39 is 0 Å². The number of benzene rings is 1. The molecular formula is C17H22N2O2. The molecule has 2 amide bonds. The Kier molecular flexibility index (Phi) is 6.40. The third kappa shape index (κ3) is 5.65. The van der Waals surface area contributed by atoms with Crippen molar-refractivity contribution in [2.24, 2.45) is 0 Å². The van der Waals surface area contributed by atoms with Crippen LogP contribution >= 0.6 is 0 Å².